The van der Waals surface area contributed by atoms with Crippen LogP contribution in [-0.4, -0.2) is 19.1 Å². The lowest BCUT2D eigenvalue weighted by Gasteiger charge is -2.10. The van der Waals surface area contributed by atoms with Crippen LogP contribution in [0.3, 0.4) is 0 Å². The van der Waals surface area contributed by atoms with Crippen molar-refractivity contribution < 1.29 is 14.4 Å². The van der Waals surface area contributed by atoms with E-state index in [1.807, 2.05) is 0 Å². The summed E-state index contributed by atoms with van der Waals surface area (Å²) in [6.07, 6.45) is 1.48. The van der Waals surface area contributed by atoms with Gasteiger partial charge in [-0.1, -0.05) is 25.4 Å². The number of nitro groups is 1. The third-order valence-electron chi connectivity index (χ3n) is 2.57. The molecule has 0 radical (unpaired) electrons. The molecule has 1 aromatic rings. The topological polar surface area (TPSA) is 61.6 Å². The molecule has 1 aromatic carbocycles. The Hall–Kier alpha value is -1.75. The summed E-state index contributed by atoms with van der Waals surface area (Å²) >= 11 is 6.05. The van der Waals surface area contributed by atoms with Crippen molar-refractivity contribution in [1.29, 1.82) is 0 Å². The van der Waals surface area contributed by atoms with Crippen LogP contribution in [0.1, 0.15) is 19.4 Å². The van der Waals surface area contributed by atoms with E-state index in [1.165, 1.54) is 20.3 Å². The number of methoxy groups -OCH3 is 2. The molecule has 0 unspecified atom stereocenters. The third kappa shape index (κ3) is 3.61. The van der Waals surface area contributed by atoms with E-state index in [9.17, 15) is 10.1 Å². The average molecular weight is 286 g/mol. The summed E-state index contributed by atoms with van der Waals surface area (Å²) in [6, 6.07) is 3.26. The molecule has 5 nitrogen and oxygen atoms in total. The molecule has 0 aromatic heterocycles. The quantitative estimate of drug-likeness (QED) is 0.612. The number of ether oxygens (including phenoxy) is 2. The lowest BCUT2D eigenvalue weighted by molar-refractivity contribution is -0.431. The van der Waals surface area contributed by atoms with Gasteiger partial charge in [0.15, 0.2) is 11.5 Å². The molecule has 6 heteroatoms. The summed E-state index contributed by atoms with van der Waals surface area (Å²) in [4.78, 5) is 10.6. The van der Waals surface area contributed by atoms with Crippen LogP contribution in [0.2, 0.25) is 5.02 Å². The van der Waals surface area contributed by atoms with Gasteiger partial charge >= 0.3 is 0 Å². The molecular weight excluding hydrogens is 270 g/mol. The number of hydrogen-bond donors (Lipinski definition) is 0. The molecule has 0 saturated heterocycles. The fraction of sp³-hybridized carbons (Fsp3) is 0.385. The Morgan fingerprint density at radius 1 is 1.37 bits per heavy atom. The molecule has 0 saturated carbocycles. The molecule has 0 fully saturated rings. The van der Waals surface area contributed by atoms with Crippen molar-refractivity contribution in [3.8, 4) is 11.5 Å². The second-order valence-corrected chi connectivity index (χ2v) is 4.63. The Morgan fingerprint density at radius 3 is 2.42 bits per heavy atom. The minimum absolute atomic E-state index is 0.114. The van der Waals surface area contributed by atoms with Gasteiger partial charge in [0.2, 0.25) is 5.70 Å². The van der Waals surface area contributed by atoms with Gasteiger partial charge in [-0.15, -0.1) is 0 Å². The third-order valence-corrected chi connectivity index (χ3v) is 2.85. The minimum atomic E-state index is -0.394. The van der Waals surface area contributed by atoms with Gasteiger partial charge in [0.05, 0.1) is 24.2 Å². The number of allylic oxidation sites excluding steroid dienone is 1. The molecule has 0 heterocycles. The van der Waals surface area contributed by atoms with Gasteiger partial charge in [0, 0.05) is 12.0 Å². The second-order valence-electron chi connectivity index (χ2n) is 4.22. The summed E-state index contributed by atoms with van der Waals surface area (Å²) in [6.45, 7) is 3.52. The van der Waals surface area contributed by atoms with E-state index in [0.717, 1.165) is 0 Å². The molecule has 0 N–H and O–H groups in total. The first kappa shape index (κ1) is 15.3. The van der Waals surface area contributed by atoms with E-state index < -0.39 is 4.92 Å². The van der Waals surface area contributed by atoms with Gasteiger partial charge < -0.3 is 9.47 Å². The van der Waals surface area contributed by atoms with E-state index in [0.29, 0.717) is 22.1 Å². The normalized spacial score (nSPS) is 11.6. The zero-order chi connectivity index (χ0) is 14.6. The SMILES string of the molecule is COc1cc(/C=C(/C(C)C)[N+](=O)[O-])cc(Cl)c1OC. The summed E-state index contributed by atoms with van der Waals surface area (Å²) in [5.74, 6) is 0.656. The van der Waals surface area contributed by atoms with Crippen LogP contribution in [0, 0.1) is 16.0 Å². The van der Waals surface area contributed by atoms with Gasteiger partial charge in [-0.3, -0.25) is 10.1 Å². The first-order valence-corrected chi connectivity index (χ1v) is 6.06. The summed E-state index contributed by atoms with van der Waals surface area (Å²) in [5.41, 5.74) is 0.714. The number of nitrogens with zero attached hydrogens (tertiary/aromatic N) is 1. The maximum Gasteiger partial charge on any atom is 0.249 e. The molecule has 0 bridgehead atoms. The van der Waals surface area contributed by atoms with Crippen molar-refractivity contribution in [3.05, 3.63) is 38.5 Å². The molecule has 1 rings (SSSR count). The lowest BCUT2D eigenvalue weighted by atomic mass is 10.1. The summed E-state index contributed by atoms with van der Waals surface area (Å²) < 4.78 is 10.3. The van der Waals surface area contributed by atoms with Crippen LogP contribution < -0.4 is 9.47 Å². The Balaban J connectivity index is 3.32. The molecule has 0 aliphatic heterocycles. The monoisotopic (exact) mass is 285 g/mol. The first-order chi connectivity index (χ1) is 8.90. The highest BCUT2D eigenvalue weighted by Crippen LogP contribution is 2.36. The largest absolute Gasteiger partial charge is 0.493 e. The van der Waals surface area contributed by atoms with Crippen molar-refractivity contribution >= 4 is 17.7 Å². The average Bonchev–Trinajstić information content (AvgIpc) is 2.34. The highest BCUT2D eigenvalue weighted by molar-refractivity contribution is 6.32. The van der Waals surface area contributed by atoms with Gasteiger partial charge in [0.25, 0.3) is 0 Å². The minimum Gasteiger partial charge on any atom is -0.493 e. The standard InChI is InChI=1S/C13H16ClNO4/c1-8(2)11(15(16)17)6-9-5-10(14)13(19-4)12(7-9)18-3/h5-8H,1-4H3/b11-6-. The highest BCUT2D eigenvalue weighted by atomic mass is 35.5. The Kier molecular flexibility index (Phi) is 5.18. The summed E-state index contributed by atoms with van der Waals surface area (Å²) in [5, 5.41) is 11.3. The van der Waals surface area contributed by atoms with Gasteiger partial charge in [-0.05, 0) is 17.7 Å². The zero-order valence-corrected chi connectivity index (χ0v) is 12.0. The van der Waals surface area contributed by atoms with E-state index in [1.54, 1.807) is 26.0 Å². The van der Waals surface area contributed by atoms with Crippen LogP contribution >= 0.6 is 11.6 Å². The molecule has 0 spiro atoms. The Bertz CT molecular complexity index is 512. The van der Waals surface area contributed by atoms with E-state index in [-0.39, 0.29) is 11.6 Å². The second kappa shape index (κ2) is 6.43. The van der Waals surface area contributed by atoms with Crippen LogP contribution in [0.15, 0.2) is 17.8 Å². The summed E-state index contributed by atoms with van der Waals surface area (Å²) in [7, 11) is 2.97. The molecular formula is C13H16ClNO4. The predicted molar refractivity (Wildman–Crippen MR) is 74.4 cm³/mol. The van der Waals surface area contributed by atoms with Crippen LogP contribution in [0.25, 0.3) is 6.08 Å². The Labute approximate surface area is 116 Å². The van der Waals surface area contributed by atoms with Crippen molar-refractivity contribution in [2.75, 3.05) is 14.2 Å². The fourth-order valence-electron chi connectivity index (χ4n) is 1.62. The molecule has 0 atom stereocenters. The number of benzene rings is 1. The van der Waals surface area contributed by atoms with Crippen molar-refractivity contribution in [2.24, 2.45) is 5.92 Å². The lowest BCUT2D eigenvalue weighted by Crippen LogP contribution is -2.05. The van der Waals surface area contributed by atoms with Crippen LogP contribution in [-0.2, 0) is 0 Å². The van der Waals surface area contributed by atoms with Gasteiger partial charge in [-0.25, -0.2) is 0 Å². The van der Waals surface area contributed by atoms with E-state index >= 15 is 0 Å². The highest BCUT2D eigenvalue weighted by Gasteiger charge is 2.17. The smallest absolute Gasteiger partial charge is 0.249 e. The van der Waals surface area contributed by atoms with Gasteiger partial charge in [-0.2, -0.15) is 0 Å². The molecule has 0 aliphatic rings. The maximum atomic E-state index is 11.0. The molecule has 104 valence electrons. The molecule has 0 amide bonds. The van der Waals surface area contributed by atoms with Crippen molar-refractivity contribution in [2.45, 2.75) is 13.8 Å². The molecule has 19 heavy (non-hydrogen) atoms. The zero-order valence-electron chi connectivity index (χ0n) is 11.3. The number of hydrogen-bond acceptors (Lipinski definition) is 4. The fourth-order valence-corrected chi connectivity index (χ4v) is 1.92. The van der Waals surface area contributed by atoms with Crippen molar-refractivity contribution in [3.63, 3.8) is 0 Å². The predicted octanol–water partition coefficient (Wildman–Crippen LogP) is 3.63. The van der Waals surface area contributed by atoms with Crippen LogP contribution in [0.4, 0.5) is 0 Å². The maximum absolute atomic E-state index is 11.0. The molecule has 0 aliphatic carbocycles. The first-order valence-electron chi connectivity index (χ1n) is 5.68. The number of rotatable bonds is 5. The van der Waals surface area contributed by atoms with E-state index in [4.69, 9.17) is 21.1 Å². The van der Waals surface area contributed by atoms with Gasteiger partial charge in [0.1, 0.15) is 0 Å². The number of halogens is 1. The van der Waals surface area contributed by atoms with E-state index in [2.05, 4.69) is 0 Å². The van der Waals surface area contributed by atoms with Crippen LogP contribution in [0.5, 0.6) is 11.5 Å². The van der Waals surface area contributed by atoms with Crippen molar-refractivity contribution in [1.82, 2.24) is 0 Å². The Morgan fingerprint density at radius 2 is 2.00 bits per heavy atom.